The fraction of sp³-hybridized carbons (Fsp3) is 0.308. The Morgan fingerprint density at radius 2 is 1.61 bits per heavy atom. The Balaban J connectivity index is 1.85. The number of carbonyl (C=O) groups excluding carboxylic acids is 2. The summed E-state index contributed by atoms with van der Waals surface area (Å²) in [6, 6.07) is 16.7. The van der Waals surface area contributed by atoms with Gasteiger partial charge < -0.3 is 9.80 Å². The van der Waals surface area contributed by atoms with Crippen molar-refractivity contribution in [2.75, 3.05) is 13.1 Å². The van der Waals surface area contributed by atoms with Crippen molar-refractivity contribution < 1.29 is 9.59 Å². The summed E-state index contributed by atoms with van der Waals surface area (Å²) in [4.78, 5) is 31.4. The molecule has 1 heterocycles. The summed E-state index contributed by atoms with van der Waals surface area (Å²) in [5.74, 6) is -0.166. The lowest BCUT2D eigenvalue weighted by molar-refractivity contribution is -0.133. The summed E-state index contributed by atoms with van der Waals surface area (Å²) in [5.41, 5.74) is 2.59. The molecular weight excluding hydrogens is 475 g/mol. The van der Waals surface area contributed by atoms with Gasteiger partial charge in [0.05, 0.1) is 6.54 Å². The molecule has 0 saturated carbocycles. The first kappa shape index (κ1) is 25.3. The summed E-state index contributed by atoms with van der Waals surface area (Å²) in [6.45, 7) is 7.51. The fourth-order valence-corrected chi connectivity index (χ4v) is 5.01. The highest BCUT2D eigenvalue weighted by Crippen LogP contribution is 2.22. The molecule has 3 aromatic rings. The summed E-state index contributed by atoms with van der Waals surface area (Å²) in [7, 11) is 0. The number of benzene rings is 2. The number of aryl methyl sites for hydroxylation is 1. The number of hydrogen-bond acceptors (Lipinski definition) is 3. The van der Waals surface area contributed by atoms with E-state index < -0.39 is 0 Å². The third-order valence-electron chi connectivity index (χ3n) is 5.18. The van der Waals surface area contributed by atoms with Gasteiger partial charge in [0.1, 0.15) is 6.54 Å². The predicted octanol–water partition coefficient (Wildman–Crippen LogP) is 6.69. The molecule has 0 atom stereocenters. The van der Waals surface area contributed by atoms with Gasteiger partial charge in [-0.1, -0.05) is 67.4 Å². The highest BCUT2D eigenvalue weighted by molar-refractivity contribution is 7.10. The maximum Gasteiger partial charge on any atom is 0.254 e. The molecule has 0 aliphatic rings. The maximum absolute atomic E-state index is 13.5. The Bertz CT molecular complexity index is 1080. The highest BCUT2D eigenvalue weighted by atomic mass is 35.5. The van der Waals surface area contributed by atoms with Gasteiger partial charge in [-0.3, -0.25) is 9.59 Å². The molecule has 0 radical (unpaired) electrons. The van der Waals surface area contributed by atoms with E-state index >= 15 is 0 Å². The lowest BCUT2D eigenvalue weighted by atomic mass is 10.1. The molecule has 2 aromatic carbocycles. The molecule has 0 spiro atoms. The van der Waals surface area contributed by atoms with Crippen LogP contribution in [-0.2, 0) is 17.9 Å². The summed E-state index contributed by atoms with van der Waals surface area (Å²) in [5, 5.41) is 2.81. The van der Waals surface area contributed by atoms with E-state index in [0.717, 1.165) is 16.0 Å². The van der Waals surface area contributed by atoms with Crippen LogP contribution in [0.3, 0.4) is 0 Å². The number of nitrogens with zero attached hydrogens (tertiary/aromatic N) is 2. The number of amides is 2. The number of rotatable bonds is 9. The SMILES string of the molecule is Cc1ccsc1CN(Cc1ccccc1)C(=O)CN(CC(C)C)C(=O)c1cc(Cl)cc(Cl)c1. The third kappa shape index (κ3) is 7.32. The van der Waals surface area contributed by atoms with E-state index in [-0.39, 0.29) is 24.3 Å². The van der Waals surface area contributed by atoms with Crippen LogP contribution >= 0.6 is 34.5 Å². The van der Waals surface area contributed by atoms with E-state index in [4.69, 9.17) is 23.2 Å². The van der Waals surface area contributed by atoms with Crippen LogP contribution < -0.4 is 0 Å². The molecule has 2 amide bonds. The van der Waals surface area contributed by atoms with Gasteiger partial charge in [0, 0.05) is 33.6 Å². The van der Waals surface area contributed by atoms with Crippen LogP contribution in [0.5, 0.6) is 0 Å². The third-order valence-corrected chi connectivity index (χ3v) is 6.62. The van der Waals surface area contributed by atoms with Crippen LogP contribution in [0.15, 0.2) is 60.0 Å². The lowest BCUT2D eigenvalue weighted by Gasteiger charge is -2.29. The first-order valence-electron chi connectivity index (χ1n) is 10.8. The monoisotopic (exact) mass is 502 g/mol. The van der Waals surface area contributed by atoms with Crippen molar-refractivity contribution in [1.82, 2.24) is 9.80 Å². The number of carbonyl (C=O) groups is 2. The van der Waals surface area contributed by atoms with Crippen LogP contribution in [0.2, 0.25) is 10.0 Å². The first-order chi connectivity index (χ1) is 15.7. The Kier molecular flexibility index (Phi) is 8.95. The topological polar surface area (TPSA) is 40.6 Å². The molecule has 33 heavy (non-hydrogen) atoms. The zero-order valence-electron chi connectivity index (χ0n) is 19.1. The van der Waals surface area contributed by atoms with E-state index in [1.54, 1.807) is 34.4 Å². The Labute approximate surface area is 209 Å². The quantitative estimate of drug-likeness (QED) is 0.326. The second-order valence-electron chi connectivity index (χ2n) is 8.50. The molecule has 0 bridgehead atoms. The van der Waals surface area contributed by atoms with Crippen molar-refractivity contribution in [3.8, 4) is 0 Å². The van der Waals surface area contributed by atoms with Gasteiger partial charge in [-0.2, -0.15) is 0 Å². The van der Waals surface area contributed by atoms with E-state index in [9.17, 15) is 9.59 Å². The van der Waals surface area contributed by atoms with Crippen molar-refractivity contribution in [2.45, 2.75) is 33.9 Å². The molecule has 0 aliphatic carbocycles. The molecule has 3 rings (SSSR count). The van der Waals surface area contributed by atoms with E-state index in [2.05, 4.69) is 13.0 Å². The molecule has 0 aliphatic heterocycles. The molecule has 0 fully saturated rings. The van der Waals surface area contributed by atoms with Crippen LogP contribution in [0.25, 0.3) is 0 Å². The standard InChI is InChI=1S/C26H28Cl2N2O2S/c1-18(2)14-30(26(32)21-11-22(27)13-23(28)12-21)17-25(31)29(15-20-7-5-4-6-8-20)16-24-19(3)9-10-33-24/h4-13,18H,14-17H2,1-3H3. The number of halogens is 2. The normalized spacial score (nSPS) is 11.0. The fourth-order valence-electron chi connectivity index (χ4n) is 3.56. The minimum atomic E-state index is -0.256. The van der Waals surface area contributed by atoms with Gasteiger partial charge in [0.25, 0.3) is 5.91 Å². The van der Waals surface area contributed by atoms with Gasteiger partial charge in [-0.25, -0.2) is 0 Å². The summed E-state index contributed by atoms with van der Waals surface area (Å²) >= 11 is 13.9. The van der Waals surface area contributed by atoms with Crippen LogP contribution in [0.1, 0.15) is 40.2 Å². The molecule has 4 nitrogen and oxygen atoms in total. The molecule has 7 heteroatoms. The van der Waals surface area contributed by atoms with Gasteiger partial charge in [-0.15, -0.1) is 11.3 Å². The zero-order valence-corrected chi connectivity index (χ0v) is 21.4. The second kappa shape index (κ2) is 11.7. The van der Waals surface area contributed by atoms with Gasteiger partial charge in [-0.05, 0) is 53.6 Å². The van der Waals surface area contributed by atoms with E-state index in [1.807, 2.05) is 54.5 Å². The average molecular weight is 503 g/mol. The highest BCUT2D eigenvalue weighted by Gasteiger charge is 2.24. The Hall–Kier alpha value is -2.34. The second-order valence-corrected chi connectivity index (χ2v) is 10.4. The van der Waals surface area contributed by atoms with E-state index in [0.29, 0.717) is 35.2 Å². The first-order valence-corrected chi connectivity index (χ1v) is 12.5. The van der Waals surface area contributed by atoms with Crippen molar-refractivity contribution in [3.05, 3.63) is 91.6 Å². The van der Waals surface area contributed by atoms with Gasteiger partial charge in [0.15, 0.2) is 0 Å². The summed E-state index contributed by atoms with van der Waals surface area (Å²) in [6.07, 6.45) is 0. The minimum Gasteiger partial charge on any atom is -0.332 e. The van der Waals surface area contributed by atoms with Crippen LogP contribution in [-0.4, -0.2) is 34.7 Å². The Morgan fingerprint density at radius 1 is 0.939 bits per heavy atom. The summed E-state index contributed by atoms with van der Waals surface area (Å²) < 4.78 is 0. The van der Waals surface area contributed by atoms with Crippen molar-refractivity contribution in [2.24, 2.45) is 5.92 Å². The van der Waals surface area contributed by atoms with Crippen molar-refractivity contribution >= 4 is 46.4 Å². The predicted molar refractivity (Wildman–Crippen MR) is 137 cm³/mol. The average Bonchev–Trinajstić information content (AvgIpc) is 3.16. The van der Waals surface area contributed by atoms with Crippen LogP contribution in [0.4, 0.5) is 0 Å². The molecular formula is C26H28Cl2N2O2S. The minimum absolute atomic E-state index is 0.0155. The molecule has 174 valence electrons. The maximum atomic E-state index is 13.5. The molecule has 0 unspecified atom stereocenters. The van der Waals surface area contributed by atoms with Gasteiger partial charge >= 0.3 is 0 Å². The lowest BCUT2D eigenvalue weighted by Crippen LogP contribution is -2.43. The number of thiophene rings is 1. The zero-order chi connectivity index (χ0) is 24.0. The van der Waals surface area contributed by atoms with Crippen molar-refractivity contribution in [3.63, 3.8) is 0 Å². The number of hydrogen-bond donors (Lipinski definition) is 0. The smallest absolute Gasteiger partial charge is 0.254 e. The van der Waals surface area contributed by atoms with Gasteiger partial charge in [0.2, 0.25) is 5.91 Å². The molecule has 0 saturated heterocycles. The Morgan fingerprint density at radius 3 is 2.18 bits per heavy atom. The largest absolute Gasteiger partial charge is 0.332 e. The molecule has 1 aromatic heterocycles. The van der Waals surface area contributed by atoms with E-state index in [1.165, 1.54) is 0 Å². The van der Waals surface area contributed by atoms with Crippen LogP contribution in [0, 0.1) is 12.8 Å². The van der Waals surface area contributed by atoms with Crippen molar-refractivity contribution in [1.29, 1.82) is 0 Å². The molecule has 0 N–H and O–H groups in total.